The number of rotatable bonds is 2. The minimum atomic E-state index is -4.45. The summed E-state index contributed by atoms with van der Waals surface area (Å²) in [4.78, 5) is 13.6. The van der Waals surface area contributed by atoms with Crippen molar-refractivity contribution in [3.8, 4) is 0 Å². The molecule has 30 heavy (non-hydrogen) atoms. The predicted octanol–water partition coefficient (Wildman–Crippen LogP) is 5.81. The molecule has 2 aliphatic carbocycles. The summed E-state index contributed by atoms with van der Waals surface area (Å²) in [5.41, 5.74) is 1.08. The van der Waals surface area contributed by atoms with Crippen LogP contribution in [0.5, 0.6) is 0 Å². The van der Waals surface area contributed by atoms with Crippen molar-refractivity contribution in [2.45, 2.75) is 69.6 Å². The molecule has 2 aliphatic heterocycles. The van der Waals surface area contributed by atoms with E-state index in [1.807, 2.05) is 6.92 Å². The van der Waals surface area contributed by atoms with Crippen LogP contribution in [0.3, 0.4) is 0 Å². The molecule has 0 radical (unpaired) electrons. The maximum atomic E-state index is 13.6. The van der Waals surface area contributed by atoms with E-state index in [4.69, 9.17) is 0 Å². The van der Waals surface area contributed by atoms with E-state index in [-0.39, 0.29) is 11.2 Å². The molecule has 0 aromatic heterocycles. The van der Waals surface area contributed by atoms with Crippen molar-refractivity contribution in [2.75, 3.05) is 0 Å². The lowest BCUT2D eigenvalue weighted by Gasteiger charge is -2.48. The van der Waals surface area contributed by atoms with E-state index in [2.05, 4.69) is 15.5 Å². The normalized spacial score (nSPS) is 29.7. The number of fused-ring (bicyclic) bond motifs is 1. The van der Waals surface area contributed by atoms with Gasteiger partial charge in [0.15, 0.2) is 11.9 Å². The summed E-state index contributed by atoms with van der Waals surface area (Å²) in [5.74, 6) is 0.0520. The Labute approximate surface area is 173 Å². The smallest absolute Gasteiger partial charge is 0.362 e. The first kappa shape index (κ1) is 19.5. The zero-order valence-electron chi connectivity index (χ0n) is 16.9. The number of halogens is 3. The van der Waals surface area contributed by atoms with E-state index in [0.29, 0.717) is 24.0 Å². The van der Waals surface area contributed by atoms with Gasteiger partial charge in [0.2, 0.25) is 0 Å². The van der Waals surface area contributed by atoms with Gasteiger partial charge in [0, 0.05) is 23.3 Å². The average Bonchev–Trinajstić information content (AvgIpc) is 3.35. The molecule has 1 spiro atoms. The molecular weight excluding hydrogens is 391 g/mol. The largest absolute Gasteiger partial charge is 0.416 e. The number of Topliss-reactive ketones (excluding diaryl/α,β-unsaturated/α-hetero) is 1. The Kier molecular flexibility index (Phi) is 4.25. The van der Waals surface area contributed by atoms with Gasteiger partial charge in [0.1, 0.15) is 0 Å². The quantitative estimate of drug-likeness (QED) is 0.663. The number of hydrogen-bond acceptors (Lipinski definition) is 4. The van der Waals surface area contributed by atoms with Crippen LogP contribution in [0.4, 0.5) is 13.2 Å². The van der Waals surface area contributed by atoms with Crippen LogP contribution in [-0.2, 0) is 16.4 Å². The minimum absolute atomic E-state index is 0.0207. The Hall–Kier alpha value is -2.44. The maximum Gasteiger partial charge on any atom is 0.416 e. The van der Waals surface area contributed by atoms with E-state index >= 15 is 0 Å². The first-order chi connectivity index (χ1) is 14.3. The number of hydrogen-bond donors (Lipinski definition) is 1. The van der Waals surface area contributed by atoms with Gasteiger partial charge in [-0.1, -0.05) is 38.0 Å². The molecule has 1 N–H and O–H groups in total. The van der Waals surface area contributed by atoms with E-state index in [1.54, 1.807) is 12.3 Å². The van der Waals surface area contributed by atoms with Crippen LogP contribution in [0, 0.1) is 5.41 Å². The summed E-state index contributed by atoms with van der Waals surface area (Å²) in [6, 6.07) is 5.41. The zero-order chi connectivity index (χ0) is 21.1. The Morgan fingerprint density at radius 3 is 2.67 bits per heavy atom. The average molecular weight is 415 g/mol. The van der Waals surface area contributed by atoms with Crippen molar-refractivity contribution in [1.82, 2.24) is 5.32 Å². The lowest BCUT2D eigenvalue weighted by molar-refractivity contribution is -0.137. The number of carbonyl (C=O) groups is 1. The first-order valence-electron chi connectivity index (χ1n) is 10.6. The van der Waals surface area contributed by atoms with Crippen molar-refractivity contribution in [3.05, 3.63) is 58.4 Å². The highest BCUT2D eigenvalue weighted by Crippen LogP contribution is 2.57. The highest BCUT2D eigenvalue weighted by molar-refractivity contribution is 6.01. The van der Waals surface area contributed by atoms with Crippen LogP contribution in [-0.4, -0.2) is 11.9 Å². The fourth-order valence-corrected chi connectivity index (χ4v) is 6.13. The van der Waals surface area contributed by atoms with Crippen molar-refractivity contribution >= 4 is 5.78 Å². The van der Waals surface area contributed by atoms with Crippen molar-refractivity contribution in [2.24, 2.45) is 15.6 Å². The van der Waals surface area contributed by atoms with Crippen LogP contribution in [0.2, 0.25) is 0 Å². The molecule has 2 atom stereocenters. The van der Waals surface area contributed by atoms with E-state index in [1.165, 1.54) is 12.1 Å². The molecule has 7 heteroatoms. The second-order valence-corrected chi connectivity index (χ2v) is 9.04. The Bertz CT molecular complexity index is 1000. The third kappa shape index (κ3) is 2.70. The van der Waals surface area contributed by atoms with Crippen LogP contribution in [0.15, 0.2) is 57.5 Å². The van der Waals surface area contributed by atoms with Gasteiger partial charge >= 0.3 is 6.18 Å². The summed E-state index contributed by atoms with van der Waals surface area (Å²) in [6.45, 7) is 1.93. The van der Waals surface area contributed by atoms with Crippen LogP contribution in [0.1, 0.15) is 63.0 Å². The third-order valence-corrected chi connectivity index (χ3v) is 7.45. The highest BCUT2D eigenvalue weighted by atomic mass is 19.4. The molecule has 1 aromatic carbocycles. The lowest BCUT2D eigenvalue weighted by atomic mass is 9.58. The standard InChI is InChI=1S/C23H24F3N3O/c1-2-22(14-6-5-7-15(10-14)23(24,25)26)16-13-27-29-20(16)28-17-11-21(8-3-4-9-21)12-18(30)19(17)22/h5-7,10,13,20,28H,2-4,8-9,11-12H2,1H3. The number of benzene rings is 1. The number of allylic oxidation sites excluding steroid dienone is 2. The molecule has 4 aliphatic rings. The highest BCUT2D eigenvalue weighted by Gasteiger charge is 2.55. The van der Waals surface area contributed by atoms with Crippen LogP contribution >= 0.6 is 0 Å². The van der Waals surface area contributed by atoms with E-state index < -0.39 is 23.3 Å². The summed E-state index contributed by atoms with van der Waals surface area (Å²) in [7, 11) is 0. The molecule has 0 bridgehead atoms. The van der Waals surface area contributed by atoms with Crippen molar-refractivity contribution in [3.63, 3.8) is 0 Å². The van der Waals surface area contributed by atoms with Gasteiger partial charge in [-0.25, -0.2) is 0 Å². The molecule has 1 saturated carbocycles. The van der Waals surface area contributed by atoms with Crippen LogP contribution < -0.4 is 5.32 Å². The Balaban J connectivity index is 1.72. The topological polar surface area (TPSA) is 53.8 Å². The fourth-order valence-electron chi connectivity index (χ4n) is 6.13. The molecular formula is C23H24F3N3O. The van der Waals surface area contributed by atoms with E-state index in [9.17, 15) is 18.0 Å². The van der Waals surface area contributed by atoms with Gasteiger partial charge in [-0.15, -0.1) is 0 Å². The number of nitrogens with zero attached hydrogens (tertiary/aromatic N) is 2. The summed E-state index contributed by atoms with van der Waals surface area (Å²) in [6.07, 6.45) is 2.74. The van der Waals surface area contributed by atoms with E-state index in [0.717, 1.165) is 49.4 Å². The van der Waals surface area contributed by atoms with Crippen molar-refractivity contribution in [1.29, 1.82) is 0 Å². The SMILES string of the molecule is CCC1(c2cccc(C(F)(F)F)c2)C2=CN=NC2NC2=C1C(=O)CC1(CCCC1)C2. The number of ketones is 1. The molecule has 2 heterocycles. The Morgan fingerprint density at radius 2 is 1.97 bits per heavy atom. The van der Waals surface area contributed by atoms with Crippen LogP contribution in [0.25, 0.3) is 0 Å². The molecule has 158 valence electrons. The molecule has 1 fully saturated rings. The fraction of sp³-hybridized carbons (Fsp3) is 0.522. The number of nitrogens with one attached hydrogen (secondary N) is 1. The van der Waals surface area contributed by atoms with Gasteiger partial charge in [0.25, 0.3) is 0 Å². The number of carbonyl (C=O) groups excluding carboxylic acids is 1. The zero-order valence-corrected chi connectivity index (χ0v) is 16.9. The van der Waals surface area contributed by atoms with Crippen molar-refractivity contribution < 1.29 is 18.0 Å². The predicted molar refractivity (Wildman–Crippen MR) is 105 cm³/mol. The Morgan fingerprint density at radius 1 is 1.20 bits per heavy atom. The molecule has 5 rings (SSSR count). The molecule has 4 nitrogen and oxygen atoms in total. The first-order valence-corrected chi connectivity index (χ1v) is 10.6. The minimum Gasteiger partial charge on any atom is -0.362 e. The maximum absolute atomic E-state index is 13.6. The summed E-state index contributed by atoms with van der Waals surface area (Å²) in [5, 5.41) is 11.8. The second kappa shape index (κ2) is 6.53. The van der Waals surface area contributed by atoms with Gasteiger partial charge < -0.3 is 5.32 Å². The van der Waals surface area contributed by atoms with Gasteiger partial charge in [-0.3, -0.25) is 4.79 Å². The second-order valence-electron chi connectivity index (χ2n) is 9.04. The summed E-state index contributed by atoms with van der Waals surface area (Å²) >= 11 is 0. The summed E-state index contributed by atoms with van der Waals surface area (Å²) < 4.78 is 40.5. The molecule has 0 saturated heterocycles. The molecule has 2 unspecified atom stereocenters. The number of azo groups is 1. The monoisotopic (exact) mass is 415 g/mol. The van der Waals surface area contributed by atoms with Gasteiger partial charge in [0.05, 0.1) is 17.2 Å². The van der Waals surface area contributed by atoms with Gasteiger partial charge in [-0.2, -0.15) is 23.4 Å². The van der Waals surface area contributed by atoms with Gasteiger partial charge in [-0.05, 0) is 42.7 Å². The third-order valence-electron chi connectivity index (χ3n) is 7.45. The number of alkyl halides is 3. The molecule has 0 amide bonds. The molecule has 1 aromatic rings. The lowest BCUT2D eigenvalue weighted by Crippen LogP contribution is -2.51.